The second-order valence-electron chi connectivity index (χ2n) is 4.76. The first-order valence-electron chi connectivity index (χ1n) is 6.87. The number of carbonyl (C=O) groups is 2. The van der Waals surface area contributed by atoms with E-state index < -0.39 is 5.82 Å². The molecule has 0 unspecified atom stereocenters. The quantitative estimate of drug-likeness (QED) is 0.646. The summed E-state index contributed by atoms with van der Waals surface area (Å²) in [5.41, 5.74) is 0.342. The van der Waals surface area contributed by atoms with Crippen LogP contribution in [0.4, 0.5) is 10.1 Å². The van der Waals surface area contributed by atoms with Gasteiger partial charge in [-0.1, -0.05) is 0 Å². The molecular weight excluding hydrogens is 317 g/mol. The third kappa shape index (κ3) is 4.82. The third-order valence-corrected chi connectivity index (χ3v) is 4.03. The Morgan fingerprint density at radius 1 is 1.17 bits per heavy atom. The summed E-state index contributed by atoms with van der Waals surface area (Å²) in [7, 11) is 1.58. The second-order valence-corrected chi connectivity index (χ2v) is 5.81. The first kappa shape index (κ1) is 17.0. The standard InChI is InChI=1S/C17H16FNO3S/c1-11(20)19-12-3-8-15(16(18)9-12)17(21)10-23-14-6-4-13(22-2)5-7-14/h3-9H,10H2,1-2H3,(H,19,20). The number of thioether (sulfide) groups is 1. The number of carbonyl (C=O) groups excluding carboxylic acids is 2. The molecule has 6 heteroatoms. The van der Waals surface area contributed by atoms with Gasteiger partial charge in [0, 0.05) is 17.5 Å². The largest absolute Gasteiger partial charge is 0.497 e. The van der Waals surface area contributed by atoms with Crippen LogP contribution >= 0.6 is 11.8 Å². The predicted molar refractivity (Wildman–Crippen MR) is 88.8 cm³/mol. The Hall–Kier alpha value is -2.34. The highest BCUT2D eigenvalue weighted by molar-refractivity contribution is 8.00. The van der Waals surface area contributed by atoms with Crippen molar-refractivity contribution < 1.29 is 18.7 Å². The Bertz CT molecular complexity index is 716. The van der Waals surface area contributed by atoms with E-state index in [2.05, 4.69) is 5.32 Å². The number of methoxy groups -OCH3 is 1. The highest BCUT2D eigenvalue weighted by Crippen LogP contribution is 2.23. The molecule has 0 bridgehead atoms. The zero-order valence-electron chi connectivity index (χ0n) is 12.8. The number of nitrogens with one attached hydrogen (secondary N) is 1. The lowest BCUT2D eigenvalue weighted by molar-refractivity contribution is -0.114. The van der Waals surface area contributed by atoms with E-state index >= 15 is 0 Å². The highest BCUT2D eigenvalue weighted by Gasteiger charge is 2.13. The van der Waals surface area contributed by atoms with Crippen LogP contribution < -0.4 is 10.1 Å². The van der Waals surface area contributed by atoms with Crippen LogP contribution in [-0.2, 0) is 4.79 Å². The average molecular weight is 333 g/mol. The molecule has 0 aliphatic heterocycles. The number of rotatable bonds is 6. The van der Waals surface area contributed by atoms with Crippen molar-refractivity contribution in [2.45, 2.75) is 11.8 Å². The maximum Gasteiger partial charge on any atom is 0.221 e. The second kappa shape index (κ2) is 7.78. The fourth-order valence-electron chi connectivity index (χ4n) is 1.92. The summed E-state index contributed by atoms with van der Waals surface area (Å²) in [6, 6.07) is 11.3. The fourth-order valence-corrected chi connectivity index (χ4v) is 2.70. The van der Waals surface area contributed by atoms with Crippen LogP contribution in [0.1, 0.15) is 17.3 Å². The Balaban J connectivity index is 2.01. The number of hydrogen-bond acceptors (Lipinski definition) is 4. The lowest BCUT2D eigenvalue weighted by atomic mass is 10.1. The van der Waals surface area contributed by atoms with Gasteiger partial charge in [-0.3, -0.25) is 9.59 Å². The molecule has 0 radical (unpaired) electrons. The molecule has 4 nitrogen and oxygen atoms in total. The molecule has 1 amide bonds. The molecule has 0 atom stereocenters. The molecular formula is C17H16FNO3S. The third-order valence-electron chi connectivity index (χ3n) is 3.02. The van der Waals surface area contributed by atoms with Gasteiger partial charge < -0.3 is 10.1 Å². The van der Waals surface area contributed by atoms with Gasteiger partial charge in [-0.05, 0) is 42.5 Å². The van der Waals surface area contributed by atoms with Crippen molar-refractivity contribution in [2.24, 2.45) is 0 Å². The first-order valence-corrected chi connectivity index (χ1v) is 7.85. The van der Waals surface area contributed by atoms with Crippen LogP contribution in [0.15, 0.2) is 47.4 Å². The molecule has 0 aliphatic rings. The van der Waals surface area contributed by atoms with Crippen molar-refractivity contribution in [3.8, 4) is 5.75 Å². The minimum atomic E-state index is -0.642. The molecule has 0 aliphatic carbocycles. The van der Waals surface area contributed by atoms with E-state index in [4.69, 9.17) is 4.74 Å². The minimum absolute atomic E-state index is 0.0140. The number of hydrogen-bond donors (Lipinski definition) is 1. The molecule has 2 rings (SSSR count). The van der Waals surface area contributed by atoms with Crippen LogP contribution in [0, 0.1) is 5.82 Å². The maximum atomic E-state index is 14.0. The summed E-state index contributed by atoms with van der Waals surface area (Å²) in [6.45, 7) is 1.34. The van der Waals surface area contributed by atoms with Crippen LogP contribution in [0.2, 0.25) is 0 Å². The Labute approximate surface area is 138 Å². The van der Waals surface area contributed by atoms with E-state index in [9.17, 15) is 14.0 Å². The molecule has 0 saturated carbocycles. The van der Waals surface area contributed by atoms with Gasteiger partial charge in [0.25, 0.3) is 0 Å². The molecule has 0 spiro atoms. The van der Waals surface area contributed by atoms with Crippen molar-refractivity contribution in [1.29, 1.82) is 0 Å². The van der Waals surface area contributed by atoms with Gasteiger partial charge in [0.1, 0.15) is 11.6 Å². The monoisotopic (exact) mass is 333 g/mol. The zero-order valence-corrected chi connectivity index (χ0v) is 13.6. The van der Waals surface area contributed by atoms with Crippen LogP contribution in [0.25, 0.3) is 0 Å². The van der Waals surface area contributed by atoms with Crippen LogP contribution in [0.3, 0.4) is 0 Å². The molecule has 0 heterocycles. The molecule has 0 fully saturated rings. The lowest BCUT2D eigenvalue weighted by Crippen LogP contribution is -2.09. The number of amides is 1. The average Bonchev–Trinajstić information content (AvgIpc) is 2.52. The maximum absolute atomic E-state index is 14.0. The summed E-state index contributed by atoms with van der Waals surface area (Å²) in [4.78, 5) is 24.0. The topological polar surface area (TPSA) is 55.4 Å². The van der Waals surface area contributed by atoms with Crippen molar-refractivity contribution in [1.82, 2.24) is 0 Å². The number of Topliss-reactive ketones (excluding diaryl/α,β-unsaturated/α-hetero) is 1. The van der Waals surface area contributed by atoms with Gasteiger partial charge in [0.2, 0.25) is 5.91 Å². The molecule has 0 aromatic heterocycles. The zero-order chi connectivity index (χ0) is 16.8. The van der Waals surface area contributed by atoms with Crippen molar-refractivity contribution in [2.75, 3.05) is 18.2 Å². The van der Waals surface area contributed by atoms with Gasteiger partial charge in [-0.2, -0.15) is 0 Å². The Morgan fingerprint density at radius 3 is 2.43 bits per heavy atom. The minimum Gasteiger partial charge on any atom is -0.497 e. The van der Waals surface area contributed by atoms with Crippen molar-refractivity contribution >= 4 is 29.1 Å². The van der Waals surface area contributed by atoms with Crippen molar-refractivity contribution in [3.63, 3.8) is 0 Å². The van der Waals surface area contributed by atoms with Gasteiger partial charge in [0.15, 0.2) is 5.78 Å². The molecule has 2 aromatic carbocycles. The van der Waals surface area contributed by atoms with E-state index in [1.54, 1.807) is 19.2 Å². The lowest BCUT2D eigenvalue weighted by Gasteiger charge is -2.06. The summed E-state index contributed by atoms with van der Waals surface area (Å²) in [6.07, 6.45) is 0. The number of halogens is 1. The molecule has 0 saturated heterocycles. The predicted octanol–water partition coefficient (Wildman–Crippen LogP) is 3.77. The Morgan fingerprint density at radius 2 is 1.87 bits per heavy atom. The number of ether oxygens (including phenoxy) is 1. The summed E-state index contributed by atoms with van der Waals surface area (Å²) in [5, 5.41) is 2.47. The van der Waals surface area contributed by atoms with Crippen molar-refractivity contribution in [3.05, 3.63) is 53.8 Å². The SMILES string of the molecule is COc1ccc(SCC(=O)c2ccc(NC(C)=O)cc2F)cc1. The summed E-state index contributed by atoms with van der Waals surface area (Å²) in [5.74, 6) is -0.379. The molecule has 2 aromatic rings. The number of anilines is 1. The summed E-state index contributed by atoms with van der Waals surface area (Å²) < 4.78 is 19.0. The van der Waals surface area contributed by atoms with E-state index in [1.165, 1.54) is 30.8 Å². The Kier molecular flexibility index (Phi) is 5.76. The van der Waals surface area contributed by atoms with Gasteiger partial charge in [-0.25, -0.2) is 4.39 Å². The van der Waals surface area contributed by atoms with E-state index in [0.29, 0.717) is 5.69 Å². The van der Waals surface area contributed by atoms with E-state index in [1.807, 2.05) is 12.1 Å². The molecule has 1 N–H and O–H groups in total. The fraction of sp³-hybridized carbons (Fsp3) is 0.176. The van der Waals surface area contributed by atoms with Gasteiger partial charge in [0.05, 0.1) is 18.4 Å². The van der Waals surface area contributed by atoms with Gasteiger partial charge >= 0.3 is 0 Å². The van der Waals surface area contributed by atoms with Crippen LogP contribution in [0.5, 0.6) is 5.75 Å². The van der Waals surface area contributed by atoms with E-state index in [-0.39, 0.29) is 23.0 Å². The molecule has 120 valence electrons. The molecule has 23 heavy (non-hydrogen) atoms. The van der Waals surface area contributed by atoms with Gasteiger partial charge in [-0.15, -0.1) is 11.8 Å². The van der Waals surface area contributed by atoms with Crippen LogP contribution in [-0.4, -0.2) is 24.6 Å². The smallest absolute Gasteiger partial charge is 0.221 e. The number of ketones is 1. The number of benzene rings is 2. The normalized spacial score (nSPS) is 10.2. The van der Waals surface area contributed by atoms with E-state index in [0.717, 1.165) is 16.7 Å². The highest BCUT2D eigenvalue weighted by atomic mass is 32.2. The first-order chi connectivity index (χ1) is 11.0. The summed E-state index contributed by atoms with van der Waals surface area (Å²) >= 11 is 1.32.